The Hall–Kier alpha value is -1.42. The number of carbonyl (C=O) groups is 1. The van der Waals surface area contributed by atoms with Gasteiger partial charge in [-0.2, -0.15) is 0 Å². The highest BCUT2D eigenvalue weighted by Gasteiger charge is 2.45. The van der Waals surface area contributed by atoms with Crippen LogP contribution >= 0.6 is 0 Å². The third-order valence-corrected chi connectivity index (χ3v) is 6.87. The molecule has 142 valence electrons. The van der Waals surface area contributed by atoms with E-state index in [0.717, 1.165) is 49.8 Å². The number of rotatable bonds is 3. The normalized spacial score (nSPS) is 23.8. The van der Waals surface area contributed by atoms with E-state index in [1.165, 1.54) is 44.6 Å². The summed E-state index contributed by atoms with van der Waals surface area (Å²) < 4.78 is 14.0. The molecule has 0 aromatic heterocycles. The fourth-order valence-corrected chi connectivity index (χ4v) is 5.52. The van der Waals surface area contributed by atoms with Crippen molar-refractivity contribution in [2.75, 3.05) is 31.1 Å². The molecule has 1 spiro atoms. The maximum absolute atomic E-state index is 14.0. The Kier molecular flexibility index (Phi) is 5.05. The van der Waals surface area contributed by atoms with Crippen molar-refractivity contribution in [2.24, 2.45) is 0 Å². The summed E-state index contributed by atoms with van der Waals surface area (Å²) in [6, 6.07) is 5.89. The van der Waals surface area contributed by atoms with Gasteiger partial charge in [0.1, 0.15) is 11.6 Å². The van der Waals surface area contributed by atoms with Crippen molar-refractivity contribution >= 4 is 11.5 Å². The Morgan fingerprint density at radius 3 is 2.50 bits per heavy atom. The number of likely N-dealkylation sites (tertiary alicyclic amines) is 1. The number of hydrogen-bond donors (Lipinski definition) is 0. The Bertz CT molecular complexity index is 658. The summed E-state index contributed by atoms with van der Waals surface area (Å²) in [7, 11) is 0. The highest BCUT2D eigenvalue weighted by molar-refractivity contribution is 5.82. The van der Waals surface area contributed by atoms with Gasteiger partial charge in [0.2, 0.25) is 0 Å². The fraction of sp³-hybridized carbons (Fsp3) is 0.682. The number of piperidine rings is 1. The zero-order valence-electron chi connectivity index (χ0n) is 16.0. The van der Waals surface area contributed by atoms with E-state index in [4.69, 9.17) is 0 Å². The molecule has 1 aromatic carbocycles. The minimum Gasteiger partial charge on any atom is -0.363 e. The smallest absolute Gasteiger partial charge is 0.149 e. The Labute approximate surface area is 156 Å². The van der Waals surface area contributed by atoms with Gasteiger partial charge >= 0.3 is 0 Å². The highest BCUT2D eigenvalue weighted by Crippen LogP contribution is 2.47. The van der Waals surface area contributed by atoms with Crippen molar-refractivity contribution < 1.29 is 9.18 Å². The molecule has 4 heteroatoms. The standard InChI is InChI=1S/C22H31FN2O/c1-17(26)15-25-16-22(20-14-18(23)8-9-21(20)25)10-12-24(13-11-22)19-6-4-2-3-5-7-19/h8-9,14,19H,2-7,10-13,15-16H2,1H3. The van der Waals surface area contributed by atoms with E-state index in [9.17, 15) is 9.18 Å². The molecule has 26 heavy (non-hydrogen) atoms. The van der Waals surface area contributed by atoms with Crippen molar-refractivity contribution in [3.8, 4) is 0 Å². The van der Waals surface area contributed by atoms with Crippen LogP contribution in [0, 0.1) is 5.82 Å². The largest absolute Gasteiger partial charge is 0.363 e. The maximum atomic E-state index is 14.0. The van der Waals surface area contributed by atoms with Crippen molar-refractivity contribution in [2.45, 2.75) is 69.7 Å². The number of anilines is 1. The molecule has 4 rings (SSSR count). The minimum absolute atomic E-state index is 0.0219. The van der Waals surface area contributed by atoms with Gasteiger partial charge in [0.15, 0.2) is 0 Å². The van der Waals surface area contributed by atoms with Crippen LogP contribution in [0.1, 0.15) is 63.9 Å². The summed E-state index contributed by atoms with van der Waals surface area (Å²) in [5, 5.41) is 0. The van der Waals surface area contributed by atoms with E-state index in [1.54, 1.807) is 13.0 Å². The van der Waals surface area contributed by atoms with Gasteiger partial charge in [0, 0.05) is 23.7 Å². The maximum Gasteiger partial charge on any atom is 0.149 e. The number of halogens is 1. The van der Waals surface area contributed by atoms with Gasteiger partial charge in [-0.3, -0.25) is 4.79 Å². The molecule has 1 saturated heterocycles. The average molecular weight is 359 g/mol. The van der Waals surface area contributed by atoms with E-state index < -0.39 is 0 Å². The van der Waals surface area contributed by atoms with Crippen LogP contribution in [0.4, 0.5) is 10.1 Å². The number of hydrogen-bond acceptors (Lipinski definition) is 3. The van der Waals surface area contributed by atoms with Crippen LogP contribution in [0.5, 0.6) is 0 Å². The van der Waals surface area contributed by atoms with Gasteiger partial charge in [0.25, 0.3) is 0 Å². The molecule has 0 N–H and O–H groups in total. The summed E-state index contributed by atoms with van der Waals surface area (Å²) in [5.41, 5.74) is 2.23. The quantitative estimate of drug-likeness (QED) is 0.753. The van der Waals surface area contributed by atoms with Gasteiger partial charge in [-0.15, -0.1) is 0 Å². The number of Topliss-reactive ketones (excluding diaryl/α,β-unsaturated/α-hetero) is 1. The number of benzene rings is 1. The van der Waals surface area contributed by atoms with E-state index in [2.05, 4.69) is 9.80 Å². The summed E-state index contributed by atoms with van der Waals surface area (Å²) in [6.45, 7) is 5.16. The minimum atomic E-state index is -0.154. The molecular weight excluding hydrogens is 327 g/mol. The van der Waals surface area contributed by atoms with Crippen LogP contribution in [0.15, 0.2) is 18.2 Å². The highest BCUT2D eigenvalue weighted by atomic mass is 19.1. The Morgan fingerprint density at radius 2 is 1.85 bits per heavy atom. The van der Waals surface area contributed by atoms with Gasteiger partial charge in [-0.1, -0.05) is 25.7 Å². The zero-order valence-corrected chi connectivity index (χ0v) is 16.0. The van der Waals surface area contributed by atoms with Crippen LogP contribution < -0.4 is 4.90 Å². The monoisotopic (exact) mass is 358 g/mol. The first-order chi connectivity index (χ1) is 12.6. The SMILES string of the molecule is CC(=O)CN1CC2(CCN(C3CCCCCC3)CC2)c2cc(F)ccc21. The molecule has 3 nitrogen and oxygen atoms in total. The summed E-state index contributed by atoms with van der Waals surface area (Å²) >= 11 is 0. The summed E-state index contributed by atoms with van der Waals surface area (Å²) in [6.07, 6.45) is 10.4. The lowest BCUT2D eigenvalue weighted by Gasteiger charge is -2.43. The van der Waals surface area contributed by atoms with Crippen LogP contribution in [0.25, 0.3) is 0 Å². The first-order valence-electron chi connectivity index (χ1n) is 10.4. The molecule has 3 aliphatic rings. The lowest BCUT2D eigenvalue weighted by atomic mass is 9.74. The second-order valence-electron chi connectivity index (χ2n) is 8.68. The second kappa shape index (κ2) is 7.30. The summed E-state index contributed by atoms with van der Waals surface area (Å²) in [4.78, 5) is 16.6. The van der Waals surface area contributed by atoms with Gasteiger partial charge in [-0.25, -0.2) is 4.39 Å². The molecule has 1 aromatic rings. The zero-order chi connectivity index (χ0) is 18.1. The molecule has 0 unspecified atom stereocenters. The van der Waals surface area contributed by atoms with E-state index in [-0.39, 0.29) is 17.0 Å². The molecule has 0 radical (unpaired) electrons. The lowest BCUT2D eigenvalue weighted by molar-refractivity contribution is -0.115. The first kappa shape index (κ1) is 18.0. The third kappa shape index (κ3) is 3.40. The van der Waals surface area contributed by atoms with Crippen LogP contribution in [0.2, 0.25) is 0 Å². The second-order valence-corrected chi connectivity index (χ2v) is 8.68. The lowest BCUT2D eigenvalue weighted by Crippen LogP contribution is -2.48. The van der Waals surface area contributed by atoms with Gasteiger partial charge in [0.05, 0.1) is 6.54 Å². The number of fused-ring (bicyclic) bond motifs is 2. The molecule has 1 saturated carbocycles. The van der Waals surface area contributed by atoms with Crippen LogP contribution in [-0.2, 0) is 10.2 Å². The molecule has 2 aliphatic heterocycles. The van der Waals surface area contributed by atoms with E-state index >= 15 is 0 Å². The van der Waals surface area contributed by atoms with E-state index in [1.807, 2.05) is 6.07 Å². The fourth-order valence-electron chi connectivity index (χ4n) is 5.52. The molecule has 2 fully saturated rings. The molecule has 0 bridgehead atoms. The van der Waals surface area contributed by atoms with Crippen molar-refractivity contribution in [1.29, 1.82) is 0 Å². The third-order valence-electron chi connectivity index (χ3n) is 6.87. The Balaban J connectivity index is 1.52. The number of ketones is 1. The molecular formula is C22H31FN2O. The number of nitrogens with zero attached hydrogens (tertiary/aromatic N) is 2. The predicted octanol–water partition coefficient (Wildman–Crippen LogP) is 4.29. The molecule has 0 amide bonds. The van der Waals surface area contributed by atoms with E-state index in [0.29, 0.717) is 6.54 Å². The van der Waals surface area contributed by atoms with Crippen molar-refractivity contribution in [3.63, 3.8) is 0 Å². The van der Waals surface area contributed by atoms with Crippen molar-refractivity contribution in [3.05, 3.63) is 29.6 Å². The van der Waals surface area contributed by atoms with Gasteiger partial charge in [-0.05, 0) is 69.5 Å². The van der Waals surface area contributed by atoms with Crippen LogP contribution in [-0.4, -0.2) is 42.9 Å². The molecule has 1 aliphatic carbocycles. The predicted molar refractivity (Wildman–Crippen MR) is 103 cm³/mol. The molecule has 2 heterocycles. The van der Waals surface area contributed by atoms with Crippen LogP contribution in [0.3, 0.4) is 0 Å². The number of carbonyl (C=O) groups excluding carboxylic acids is 1. The summed E-state index contributed by atoms with van der Waals surface area (Å²) in [5.74, 6) is 0.0206. The first-order valence-corrected chi connectivity index (χ1v) is 10.4. The average Bonchev–Trinajstić information content (AvgIpc) is 2.80. The molecule has 0 atom stereocenters. The topological polar surface area (TPSA) is 23.6 Å². The Morgan fingerprint density at radius 1 is 1.15 bits per heavy atom. The van der Waals surface area contributed by atoms with Gasteiger partial charge < -0.3 is 9.80 Å². The van der Waals surface area contributed by atoms with Crippen molar-refractivity contribution in [1.82, 2.24) is 4.90 Å².